The van der Waals surface area contributed by atoms with Crippen molar-refractivity contribution in [3.05, 3.63) is 42.5 Å². The van der Waals surface area contributed by atoms with Gasteiger partial charge >= 0.3 is 0 Å². The summed E-state index contributed by atoms with van der Waals surface area (Å²) in [5, 5.41) is 4.10. The van der Waals surface area contributed by atoms with E-state index in [0.29, 0.717) is 12.3 Å². The van der Waals surface area contributed by atoms with Gasteiger partial charge in [0.15, 0.2) is 0 Å². The van der Waals surface area contributed by atoms with Crippen LogP contribution in [0.25, 0.3) is 0 Å². The van der Waals surface area contributed by atoms with Gasteiger partial charge in [0.1, 0.15) is 18.1 Å². The van der Waals surface area contributed by atoms with Crippen molar-refractivity contribution in [2.45, 2.75) is 31.9 Å². The predicted octanol–water partition coefficient (Wildman–Crippen LogP) is 2.23. The van der Waals surface area contributed by atoms with Crippen molar-refractivity contribution in [3.63, 3.8) is 0 Å². The summed E-state index contributed by atoms with van der Waals surface area (Å²) in [6, 6.07) is 4.22. The van der Waals surface area contributed by atoms with Crippen molar-refractivity contribution in [2.75, 3.05) is 13.2 Å². The Hall–Kier alpha value is -2.51. The van der Waals surface area contributed by atoms with Crippen LogP contribution in [-0.2, 0) is 6.54 Å². The molecule has 0 radical (unpaired) electrons. The normalized spacial score (nSPS) is 19.5. The quantitative estimate of drug-likeness (QED) is 0.840. The Kier molecular flexibility index (Phi) is 4.46. The van der Waals surface area contributed by atoms with E-state index in [1.165, 1.54) is 6.20 Å². The highest BCUT2D eigenvalue weighted by atomic mass is 19.3. The predicted molar refractivity (Wildman–Crippen MR) is 82.0 cm³/mol. The Labute approximate surface area is 138 Å². The molecule has 3 rings (SSSR count). The smallest absolute Gasteiger partial charge is 0.274 e. The fourth-order valence-corrected chi connectivity index (χ4v) is 2.71. The van der Waals surface area contributed by atoms with Gasteiger partial charge in [0.2, 0.25) is 0 Å². The first kappa shape index (κ1) is 16.4. The third-order valence-electron chi connectivity index (χ3n) is 3.90. The number of nitrogens with zero attached hydrogens (tertiary/aromatic N) is 4. The monoisotopic (exact) mass is 336 g/mol. The van der Waals surface area contributed by atoms with Crippen molar-refractivity contribution < 1.29 is 18.3 Å². The molecule has 2 aromatic heterocycles. The molecule has 2 aromatic rings. The molecule has 0 aliphatic carbocycles. The van der Waals surface area contributed by atoms with Crippen molar-refractivity contribution in [2.24, 2.45) is 0 Å². The lowest BCUT2D eigenvalue weighted by molar-refractivity contribution is 0.0115. The molecule has 6 nitrogen and oxygen atoms in total. The van der Waals surface area contributed by atoms with Gasteiger partial charge in [-0.1, -0.05) is 0 Å². The lowest BCUT2D eigenvalue weighted by Gasteiger charge is -2.23. The number of aryl methyl sites for hydroxylation is 1. The molecule has 1 fully saturated rings. The second-order valence-corrected chi connectivity index (χ2v) is 5.70. The maximum Gasteiger partial charge on any atom is 0.274 e. The second kappa shape index (κ2) is 6.54. The van der Waals surface area contributed by atoms with Gasteiger partial charge in [-0.25, -0.2) is 8.78 Å². The number of hydrogen-bond donors (Lipinski definition) is 0. The van der Waals surface area contributed by atoms with Crippen LogP contribution in [0.3, 0.4) is 0 Å². The summed E-state index contributed by atoms with van der Waals surface area (Å²) in [7, 11) is 0. The number of halogens is 2. The summed E-state index contributed by atoms with van der Waals surface area (Å²) in [6.45, 7) is 1.86. The Morgan fingerprint density at radius 3 is 2.96 bits per heavy atom. The Morgan fingerprint density at radius 1 is 1.46 bits per heavy atom. The lowest BCUT2D eigenvalue weighted by Crippen LogP contribution is -2.39. The molecule has 3 heterocycles. The van der Waals surface area contributed by atoms with Crippen LogP contribution in [-0.4, -0.2) is 50.7 Å². The minimum Gasteiger partial charge on any atom is -0.490 e. The van der Waals surface area contributed by atoms with Crippen LogP contribution in [0.1, 0.15) is 23.8 Å². The molecular weight excluding hydrogens is 318 g/mol. The van der Waals surface area contributed by atoms with E-state index in [9.17, 15) is 13.6 Å². The molecule has 8 heteroatoms. The molecule has 0 saturated carbocycles. The van der Waals surface area contributed by atoms with Gasteiger partial charge in [0, 0.05) is 25.4 Å². The summed E-state index contributed by atoms with van der Waals surface area (Å²) in [6.07, 6.45) is 4.33. The van der Waals surface area contributed by atoms with Crippen molar-refractivity contribution in [1.82, 2.24) is 19.7 Å². The van der Waals surface area contributed by atoms with Crippen molar-refractivity contribution in [1.29, 1.82) is 0 Å². The number of rotatable bonds is 5. The van der Waals surface area contributed by atoms with E-state index < -0.39 is 30.8 Å². The SMILES string of the molecule is CCn1ccc(C(=O)N2CC(F)(F)C[C@H]2COc2cccnc2)n1. The number of likely N-dealkylation sites (tertiary alicyclic amines) is 1. The fourth-order valence-electron chi connectivity index (χ4n) is 2.71. The van der Waals surface area contributed by atoms with Crippen LogP contribution in [0, 0.1) is 0 Å². The average Bonchev–Trinajstić information content (AvgIpc) is 3.17. The van der Waals surface area contributed by atoms with E-state index in [-0.39, 0.29) is 12.3 Å². The number of amides is 1. The zero-order valence-corrected chi connectivity index (χ0v) is 13.2. The molecule has 1 aliphatic heterocycles. The number of aromatic nitrogens is 3. The van der Waals surface area contributed by atoms with Crippen LogP contribution in [0.15, 0.2) is 36.8 Å². The Bertz CT molecular complexity index is 705. The van der Waals surface area contributed by atoms with Crippen LogP contribution in [0.5, 0.6) is 5.75 Å². The summed E-state index contributed by atoms with van der Waals surface area (Å²) >= 11 is 0. The summed E-state index contributed by atoms with van der Waals surface area (Å²) in [5.41, 5.74) is 0.168. The maximum atomic E-state index is 13.8. The molecule has 24 heavy (non-hydrogen) atoms. The third-order valence-corrected chi connectivity index (χ3v) is 3.90. The number of ether oxygens (including phenoxy) is 1. The summed E-state index contributed by atoms with van der Waals surface area (Å²) in [5.74, 6) is -2.94. The molecular formula is C16H18F2N4O2. The van der Waals surface area contributed by atoms with Gasteiger partial charge in [0.05, 0.1) is 18.8 Å². The Morgan fingerprint density at radius 2 is 2.29 bits per heavy atom. The number of alkyl halides is 2. The summed E-state index contributed by atoms with van der Waals surface area (Å²) < 4.78 is 34.8. The number of carbonyl (C=O) groups excluding carboxylic acids is 1. The minimum atomic E-state index is -2.92. The maximum absolute atomic E-state index is 13.8. The highest BCUT2D eigenvalue weighted by molar-refractivity contribution is 5.92. The first-order valence-electron chi connectivity index (χ1n) is 7.73. The largest absolute Gasteiger partial charge is 0.490 e. The van der Waals surface area contributed by atoms with Crippen molar-refractivity contribution >= 4 is 5.91 Å². The van der Waals surface area contributed by atoms with Gasteiger partial charge in [-0.3, -0.25) is 14.5 Å². The van der Waals surface area contributed by atoms with E-state index in [0.717, 1.165) is 4.90 Å². The Balaban J connectivity index is 1.72. The highest BCUT2D eigenvalue weighted by Crippen LogP contribution is 2.33. The topological polar surface area (TPSA) is 60.2 Å². The number of pyridine rings is 1. The number of hydrogen-bond acceptors (Lipinski definition) is 4. The second-order valence-electron chi connectivity index (χ2n) is 5.70. The standard InChI is InChI=1S/C16H18F2N4O2/c1-2-21-7-5-14(20-21)15(23)22-11-16(17,18)8-12(22)10-24-13-4-3-6-19-9-13/h3-7,9,12H,2,8,10-11H2,1H3/t12-/m0/s1. The molecule has 0 aromatic carbocycles. The van der Waals surface area contributed by atoms with Gasteiger partial charge in [0.25, 0.3) is 11.8 Å². The van der Waals surface area contributed by atoms with E-state index in [2.05, 4.69) is 10.1 Å². The first-order chi connectivity index (χ1) is 11.5. The van der Waals surface area contributed by atoms with Gasteiger partial charge in [-0.15, -0.1) is 0 Å². The molecule has 0 N–H and O–H groups in total. The first-order valence-corrected chi connectivity index (χ1v) is 7.73. The van der Waals surface area contributed by atoms with Gasteiger partial charge in [-0.2, -0.15) is 5.10 Å². The molecule has 128 valence electrons. The van der Waals surface area contributed by atoms with E-state index in [1.807, 2.05) is 6.92 Å². The summed E-state index contributed by atoms with van der Waals surface area (Å²) in [4.78, 5) is 17.6. The average molecular weight is 336 g/mol. The van der Waals surface area contributed by atoms with E-state index in [4.69, 9.17) is 4.74 Å². The van der Waals surface area contributed by atoms with Crippen LogP contribution in [0.4, 0.5) is 8.78 Å². The zero-order valence-electron chi connectivity index (χ0n) is 13.2. The van der Waals surface area contributed by atoms with Gasteiger partial charge < -0.3 is 9.64 Å². The molecule has 0 bridgehead atoms. The van der Waals surface area contributed by atoms with Crippen molar-refractivity contribution in [3.8, 4) is 5.75 Å². The minimum absolute atomic E-state index is 0.0124. The van der Waals surface area contributed by atoms with Crippen LogP contribution >= 0.6 is 0 Å². The van der Waals surface area contributed by atoms with Crippen LogP contribution < -0.4 is 4.74 Å². The molecule has 1 amide bonds. The fraction of sp³-hybridized carbons (Fsp3) is 0.438. The molecule has 1 saturated heterocycles. The molecule has 1 atom stereocenters. The molecule has 0 unspecified atom stereocenters. The number of carbonyl (C=O) groups is 1. The molecule has 1 aliphatic rings. The molecule has 0 spiro atoms. The third kappa shape index (κ3) is 3.52. The highest BCUT2D eigenvalue weighted by Gasteiger charge is 2.47. The lowest BCUT2D eigenvalue weighted by atomic mass is 10.2. The van der Waals surface area contributed by atoms with Gasteiger partial charge in [-0.05, 0) is 25.1 Å². The van der Waals surface area contributed by atoms with E-state index >= 15 is 0 Å². The van der Waals surface area contributed by atoms with Crippen LogP contribution in [0.2, 0.25) is 0 Å². The zero-order chi connectivity index (χ0) is 17.2. The van der Waals surface area contributed by atoms with E-state index in [1.54, 1.807) is 35.3 Å².